The normalized spacial score (nSPS) is 15.8. The summed E-state index contributed by atoms with van der Waals surface area (Å²) in [5, 5.41) is 0.221. The van der Waals surface area contributed by atoms with Crippen LogP contribution < -0.4 is 0 Å². The van der Waals surface area contributed by atoms with Crippen LogP contribution in [0.2, 0.25) is 10.0 Å². The summed E-state index contributed by atoms with van der Waals surface area (Å²) in [6, 6.07) is 14.6. The van der Waals surface area contributed by atoms with Gasteiger partial charge in [-0.15, -0.1) is 0 Å². The molecule has 1 fully saturated rings. The number of sulfonamides is 1. The van der Waals surface area contributed by atoms with Gasteiger partial charge < -0.3 is 4.42 Å². The highest BCUT2D eigenvalue weighted by molar-refractivity contribution is 7.92. The van der Waals surface area contributed by atoms with Gasteiger partial charge in [-0.2, -0.15) is 4.31 Å². The van der Waals surface area contributed by atoms with Crippen molar-refractivity contribution in [2.75, 3.05) is 13.1 Å². The lowest BCUT2D eigenvalue weighted by molar-refractivity contribution is 0.309. The molecule has 2 heterocycles. The van der Waals surface area contributed by atoms with Crippen molar-refractivity contribution in [3.63, 3.8) is 0 Å². The van der Waals surface area contributed by atoms with Crippen LogP contribution in [0.15, 0.2) is 70.2 Å². The van der Waals surface area contributed by atoms with Crippen LogP contribution in [0, 0.1) is 0 Å². The van der Waals surface area contributed by atoms with E-state index in [1.807, 2.05) is 0 Å². The van der Waals surface area contributed by atoms with Crippen molar-refractivity contribution < 1.29 is 21.3 Å². The molecule has 0 amide bonds. The fourth-order valence-corrected chi connectivity index (χ4v) is 7.08. The maximum absolute atomic E-state index is 12.8. The van der Waals surface area contributed by atoms with Crippen molar-refractivity contribution in [2.24, 2.45) is 0 Å². The zero-order chi connectivity index (χ0) is 21.5. The second-order valence-corrected chi connectivity index (χ2v) is 12.1. The Labute approximate surface area is 185 Å². The number of sulfone groups is 1. The van der Waals surface area contributed by atoms with Crippen LogP contribution >= 0.6 is 23.2 Å². The summed E-state index contributed by atoms with van der Waals surface area (Å²) < 4.78 is 56.8. The van der Waals surface area contributed by atoms with Crippen molar-refractivity contribution in [1.29, 1.82) is 0 Å². The fourth-order valence-electron chi connectivity index (χ4n) is 3.22. The van der Waals surface area contributed by atoms with Gasteiger partial charge in [0.2, 0.25) is 10.0 Å². The first-order valence-electron chi connectivity index (χ1n) is 8.96. The molecule has 3 aromatic rings. The van der Waals surface area contributed by atoms with E-state index in [-0.39, 0.29) is 23.7 Å². The molecule has 0 aliphatic carbocycles. The van der Waals surface area contributed by atoms with Gasteiger partial charge in [-0.05, 0) is 53.6 Å². The van der Waals surface area contributed by atoms with Gasteiger partial charge in [-0.3, -0.25) is 0 Å². The average molecular weight is 486 g/mol. The second-order valence-electron chi connectivity index (χ2n) is 7.01. The lowest BCUT2D eigenvalue weighted by Crippen LogP contribution is -2.56. The zero-order valence-corrected chi connectivity index (χ0v) is 18.7. The largest absolute Gasteiger partial charge is 0.468 e. The van der Waals surface area contributed by atoms with Crippen molar-refractivity contribution in [3.8, 4) is 11.1 Å². The quantitative estimate of drug-likeness (QED) is 0.521. The smallest absolute Gasteiger partial charge is 0.243 e. The summed E-state index contributed by atoms with van der Waals surface area (Å²) in [6.07, 6.45) is 1.41. The molecule has 30 heavy (non-hydrogen) atoms. The number of rotatable bonds is 6. The molecule has 0 atom stereocenters. The Hall–Kier alpha value is -1.84. The van der Waals surface area contributed by atoms with E-state index in [0.29, 0.717) is 15.8 Å². The highest BCUT2D eigenvalue weighted by Crippen LogP contribution is 2.30. The number of halogens is 2. The Morgan fingerprint density at radius 1 is 0.900 bits per heavy atom. The summed E-state index contributed by atoms with van der Waals surface area (Å²) in [5.41, 5.74) is 1.53. The summed E-state index contributed by atoms with van der Waals surface area (Å²) in [4.78, 5) is 0.0984. The van der Waals surface area contributed by atoms with Gasteiger partial charge in [0.25, 0.3) is 0 Å². The van der Waals surface area contributed by atoms with E-state index in [2.05, 4.69) is 0 Å². The molecule has 4 rings (SSSR count). The Balaban J connectivity index is 1.47. The molecule has 2 aromatic carbocycles. The summed E-state index contributed by atoms with van der Waals surface area (Å²) >= 11 is 12.0. The predicted molar refractivity (Wildman–Crippen MR) is 116 cm³/mol. The number of hydrogen-bond acceptors (Lipinski definition) is 5. The van der Waals surface area contributed by atoms with Crippen LogP contribution in [0.4, 0.5) is 0 Å². The first kappa shape index (κ1) is 21.4. The molecule has 1 aliphatic rings. The molecule has 1 saturated heterocycles. The summed E-state index contributed by atoms with van der Waals surface area (Å²) in [5.74, 6) is 0.100. The first-order chi connectivity index (χ1) is 14.1. The molecule has 0 saturated carbocycles. The molecule has 158 valence electrons. The van der Waals surface area contributed by atoms with E-state index in [0.717, 1.165) is 11.1 Å². The minimum absolute atomic E-state index is 0.0724. The van der Waals surface area contributed by atoms with Crippen LogP contribution in [-0.2, 0) is 25.6 Å². The minimum atomic E-state index is -3.78. The molecule has 1 aromatic heterocycles. The number of furan rings is 1. The van der Waals surface area contributed by atoms with Crippen molar-refractivity contribution >= 4 is 43.1 Å². The van der Waals surface area contributed by atoms with Gasteiger partial charge in [-0.25, -0.2) is 16.8 Å². The average Bonchev–Trinajstić information content (AvgIpc) is 3.11. The van der Waals surface area contributed by atoms with Gasteiger partial charge in [0.15, 0.2) is 9.84 Å². The van der Waals surface area contributed by atoms with Gasteiger partial charge >= 0.3 is 0 Å². The summed E-state index contributed by atoms with van der Waals surface area (Å²) in [6.45, 7) is -0.145. The molecule has 6 nitrogen and oxygen atoms in total. The Morgan fingerprint density at radius 2 is 1.53 bits per heavy atom. The van der Waals surface area contributed by atoms with Crippen LogP contribution in [0.25, 0.3) is 11.1 Å². The third kappa shape index (κ3) is 4.29. The molecular weight excluding hydrogens is 469 g/mol. The molecule has 0 bridgehead atoms. The second kappa shape index (κ2) is 8.01. The maximum Gasteiger partial charge on any atom is 0.243 e. The topological polar surface area (TPSA) is 84.7 Å². The SMILES string of the molecule is O=S(=O)(Cc1ccco1)C1CN(S(=O)(=O)c2ccc(-c3cc(Cl)cc(Cl)c3)cc2)C1. The van der Waals surface area contributed by atoms with E-state index in [1.165, 1.54) is 22.7 Å². The molecule has 0 unspecified atom stereocenters. The van der Waals surface area contributed by atoms with Gasteiger partial charge in [0, 0.05) is 23.1 Å². The van der Waals surface area contributed by atoms with Crippen molar-refractivity contribution in [3.05, 3.63) is 76.7 Å². The Bertz CT molecular complexity index is 1240. The van der Waals surface area contributed by atoms with Gasteiger partial charge in [0.05, 0.1) is 16.4 Å². The van der Waals surface area contributed by atoms with Crippen LogP contribution in [0.1, 0.15) is 5.76 Å². The first-order valence-corrected chi connectivity index (χ1v) is 12.9. The highest BCUT2D eigenvalue weighted by Gasteiger charge is 2.43. The van der Waals surface area contributed by atoms with Gasteiger partial charge in [-0.1, -0.05) is 35.3 Å². The standard InChI is InChI=1S/C20H17Cl2NO5S2/c21-16-8-15(9-17(22)10-16)14-3-5-19(6-4-14)30(26,27)23-11-20(12-23)29(24,25)13-18-2-1-7-28-18/h1-10,20H,11-13H2. The summed E-state index contributed by atoms with van der Waals surface area (Å²) in [7, 11) is -7.28. The highest BCUT2D eigenvalue weighted by atomic mass is 35.5. The molecule has 0 radical (unpaired) electrons. The van der Waals surface area contributed by atoms with E-state index in [4.69, 9.17) is 27.6 Å². The van der Waals surface area contributed by atoms with Crippen LogP contribution in [0.5, 0.6) is 0 Å². The minimum Gasteiger partial charge on any atom is -0.468 e. The van der Waals surface area contributed by atoms with Crippen LogP contribution in [-0.4, -0.2) is 39.5 Å². The van der Waals surface area contributed by atoms with E-state index in [9.17, 15) is 16.8 Å². The Kier molecular flexibility index (Phi) is 5.71. The van der Waals surface area contributed by atoms with Crippen LogP contribution in [0.3, 0.4) is 0 Å². The molecular formula is C20H17Cl2NO5S2. The third-order valence-corrected chi connectivity index (χ3v) is 9.22. The monoisotopic (exact) mass is 485 g/mol. The molecule has 0 spiro atoms. The lowest BCUT2D eigenvalue weighted by Gasteiger charge is -2.37. The van der Waals surface area contributed by atoms with Crippen molar-refractivity contribution in [2.45, 2.75) is 15.9 Å². The number of benzene rings is 2. The molecule has 1 aliphatic heterocycles. The Morgan fingerprint density at radius 3 is 2.10 bits per heavy atom. The third-order valence-electron chi connectivity index (χ3n) is 4.93. The fraction of sp³-hybridized carbons (Fsp3) is 0.200. The lowest BCUT2D eigenvalue weighted by atomic mass is 10.1. The predicted octanol–water partition coefficient (Wildman–Crippen LogP) is 4.24. The molecule has 10 heteroatoms. The van der Waals surface area contributed by atoms with E-state index >= 15 is 0 Å². The number of nitrogens with zero attached hydrogens (tertiary/aromatic N) is 1. The maximum atomic E-state index is 12.8. The van der Waals surface area contributed by atoms with E-state index < -0.39 is 25.1 Å². The van der Waals surface area contributed by atoms with Gasteiger partial charge in [0.1, 0.15) is 11.5 Å². The number of hydrogen-bond donors (Lipinski definition) is 0. The van der Waals surface area contributed by atoms with Crippen molar-refractivity contribution in [1.82, 2.24) is 4.31 Å². The molecule has 0 N–H and O–H groups in total. The zero-order valence-electron chi connectivity index (χ0n) is 15.5. The van der Waals surface area contributed by atoms with E-state index in [1.54, 1.807) is 42.5 Å².